The van der Waals surface area contributed by atoms with E-state index in [-0.39, 0.29) is 5.92 Å². The summed E-state index contributed by atoms with van der Waals surface area (Å²) in [7, 11) is 0. The highest BCUT2D eigenvalue weighted by Crippen LogP contribution is 2.30. The van der Waals surface area contributed by atoms with E-state index >= 15 is 0 Å². The van der Waals surface area contributed by atoms with Crippen molar-refractivity contribution in [3.8, 4) is 0 Å². The molecule has 0 heterocycles. The number of rotatable bonds is 4. The van der Waals surface area contributed by atoms with Gasteiger partial charge in [-0.1, -0.05) is 32.9 Å². The lowest BCUT2D eigenvalue weighted by Crippen LogP contribution is -2.26. The fraction of sp³-hybridized carbons (Fsp3) is 0.538. The Morgan fingerprint density at radius 1 is 1.06 bits per heavy atom. The molecular weight excluding hydrogens is 227 g/mol. The van der Waals surface area contributed by atoms with Crippen LogP contribution in [0.5, 0.6) is 0 Å². The molecule has 0 amide bonds. The summed E-state index contributed by atoms with van der Waals surface area (Å²) in [6.07, 6.45) is -4.25. The molecule has 1 aromatic carbocycles. The molecule has 0 spiro atoms. The highest BCUT2D eigenvalue weighted by atomic mass is 19.4. The van der Waals surface area contributed by atoms with Gasteiger partial charge in [-0.2, -0.15) is 13.2 Å². The molecule has 0 aliphatic carbocycles. The van der Waals surface area contributed by atoms with Crippen molar-refractivity contribution in [2.75, 3.05) is 6.54 Å². The van der Waals surface area contributed by atoms with Gasteiger partial charge >= 0.3 is 6.18 Å². The SMILES string of the molecule is CC(C)NCC(C)c1ccc(C(F)(F)F)cc1. The fourth-order valence-electron chi connectivity index (χ4n) is 1.53. The first-order chi connectivity index (χ1) is 7.80. The zero-order valence-electron chi connectivity index (χ0n) is 10.3. The van der Waals surface area contributed by atoms with Crippen molar-refractivity contribution >= 4 is 0 Å². The van der Waals surface area contributed by atoms with Crippen LogP contribution >= 0.6 is 0 Å². The summed E-state index contributed by atoms with van der Waals surface area (Å²) in [4.78, 5) is 0. The summed E-state index contributed by atoms with van der Waals surface area (Å²) in [6, 6.07) is 5.76. The second-order valence-corrected chi connectivity index (χ2v) is 4.58. The van der Waals surface area contributed by atoms with E-state index in [0.717, 1.165) is 24.2 Å². The Hall–Kier alpha value is -1.03. The van der Waals surface area contributed by atoms with Crippen LogP contribution in [0.25, 0.3) is 0 Å². The largest absolute Gasteiger partial charge is 0.416 e. The molecule has 4 heteroatoms. The number of alkyl halides is 3. The number of hydrogen-bond acceptors (Lipinski definition) is 1. The molecule has 0 bridgehead atoms. The van der Waals surface area contributed by atoms with Crippen LogP contribution < -0.4 is 5.32 Å². The average Bonchev–Trinajstić information content (AvgIpc) is 2.25. The first-order valence-corrected chi connectivity index (χ1v) is 5.71. The first kappa shape index (κ1) is 14.0. The van der Waals surface area contributed by atoms with Crippen molar-refractivity contribution < 1.29 is 13.2 Å². The fourth-order valence-corrected chi connectivity index (χ4v) is 1.53. The molecule has 0 saturated carbocycles. The van der Waals surface area contributed by atoms with E-state index in [1.165, 1.54) is 0 Å². The molecule has 1 unspecified atom stereocenters. The van der Waals surface area contributed by atoms with Crippen molar-refractivity contribution in [3.05, 3.63) is 35.4 Å². The lowest BCUT2D eigenvalue weighted by molar-refractivity contribution is -0.137. The summed E-state index contributed by atoms with van der Waals surface area (Å²) >= 11 is 0. The van der Waals surface area contributed by atoms with Crippen molar-refractivity contribution in [1.29, 1.82) is 0 Å². The van der Waals surface area contributed by atoms with E-state index in [9.17, 15) is 13.2 Å². The minimum Gasteiger partial charge on any atom is -0.314 e. The summed E-state index contributed by atoms with van der Waals surface area (Å²) < 4.78 is 37.1. The van der Waals surface area contributed by atoms with Crippen molar-refractivity contribution in [1.82, 2.24) is 5.32 Å². The zero-order valence-corrected chi connectivity index (χ0v) is 10.3. The molecule has 1 N–H and O–H groups in total. The van der Waals surface area contributed by atoms with E-state index in [2.05, 4.69) is 5.32 Å². The Labute approximate surface area is 100 Å². The van der Waals surface area contributed by atoms with Gasteiger partial charge in [-0.3, -0.25) is 0 Å². The van der Waals surface area contributed by atoms with E-state index < -0.39 is 11.7 Å². The Kier molecular flexibility index (Phi) is 4.57. The van der Waals surface area contributed by atoms with Crippen molar-refractivity contribution in [2.24, 2.45) is 0 Å². The van der Waals surface area contributed by atoms with Gasteiger partial charge in [0.25, 0.3) is 0 Å². The van der Waals surface area contributed by atoms with Gasteiger partial charge < -0.3 is 5.32 Å². The molecular formula is C13H18F3N. The molecule has 0 aliphatic heterocycles. The maximum atomic E-state index is 12.4. The highest BCUT2D eigenvalue weighted by molar-refractivity contribution is 5.26. The van der Waals surface area contributed by atoms with Crippen LogP contribution in [0, 0.1) is 0 Å². The lowest BCUT2D eigenvalue weighted by Gasteiger charge is -2.16. The minimum absolute atomic E-state index is 0.208. The van der Waals surface area contributed by atoms with Gasteiger partial charge in [0.1, 0.15) is 0 Å². The summed E-state index contributed by atoms with van der Waals surface area (Å²) in [5, 5.41) is 3.27. The Balaban J connectivity index is 2.67. The number of halogens is 3. The third-order valence-electron chi connectivity index (χ3n) is 2.64. The second kappa shape index (κ2) is 5.54. The van der Waals surface area contributed by atoms with Gasteiger partial charge in [0.05, 0.1) is 5.56 Å². The maximum absolute atomic E-state index is 12.4. The molecule has 1 nitrogen and oxygen atoms in total. The van der Waals surface area contributed by atoms with E-state index in [4.69, 9.17) is 0 Å². The molecule has 17 heavy (non-hydrogen) atoms. The summed E-state index contributed by atoms with van der Waals surface area (Å²) in [5.74, 6) is 0.208. The maximum Gasteiger partial charge on any atom is 0.416 e. The minimum atomic E-state index is -4.25. The molecule has 0 aromatic heterocycles. The molecule has 0 aliphatic rings. The molecule has 1 aromatic rings. The predicted molar refractivity (Wildman–Crippen MR) is 63.0 cm³/mol. The third-order valence-corrected chi connectivity index (χ3v) is 2.64. The number of nitrogens with one attached hydrogen (secondary N) is 1. The molecule has 1 rings (SSSR count). The van der Waals surface area contributed by atoms with Gasteiger partial charge in [-0.05, 0) is 23.6 Å². The standard InChI is InChI=1S/C13H18F3N/c1-9(2)17-8-10(3)11-4-6-12(7-5-11)13(14,15)16/h4-7,9-10,17H,8H2,1-3H3. The molecule has 96 valence electrons. The van der Waals surface area contributed by atoms with Gasteiger partial charge in [0.15, 0.2) is 0 Å². The Bertz CT molecular complexity index is 341. The van der Waals surface area contributed by atoms with Crippen LogP contribution in [0.4, 0.5) is 13.2 Å². The van der Waals surface area contributed by atoms with Crippen LogP contribution in [-0.2, 0) is 6.18 Å². The van der Waals surface area contributed by atoms with Crippen LogP contribution in [0.3, 0.4) is 0 Å². The topological polar surface area (TPSA) is 12.0 Å². The van der Waals surface area contributed by atoms with Crippen molar-refractivity contribution in [3.63, 3.8) is 0 Å². The number of hydrogen-bond donors (Lipinski definition) is 1. The molecule has 1 atom stereocenters. The van der Waals surface area contributed by atoms with Gasteiger partial charge in [0, 0.05) is 12.6 Å². The Morgan fingerprint density at radius 2 is 1.59 bits per heavy atom. The quantitative estimate of drug-likeness (QED) is 0.850. The third kappa shape index (κ3) is 4.38. The first-order valence-electron chi connectivity index (χ1n) is 5.71. The van der Waals surface area contributed by atoms with Crippen molar-refractivity contribution in [2.45, 2.75) is 38.9 Å². The van der Waals surface area contributed by atoms with Gasteiger partial charge in [-0.15, -0.1) is 0 Å². The van der Waals surface area contributed by atoms with Gasteiger partial charge in [0.2, 0.25) is 0 Å². The Morgan fingerprint density at radius 3 is 2.00 bits per heavy atom. The predicted octanol–water partition coefficient (Wildman–Crippen LogP) is 3.81. The van der Waals surface area contributed by atoms with Crippen LogP contribution in [0.1, 0.15) is 37.8 Å². The molecule has 0 fully saturated rings. The van der Waals surface area contributed by atoms with E-state index in [0.29, 0.717) is 6.04 Å². The lowest BCUT2D eigenvalue weighted by atomic mass is 9.99. The average molecular weight is 245 g/mol. The smallest absolute Gasteiger partial charge is 0.314 e. The second-order valence-electron chi connectivity index (χ2n) is 4.58. The van der Waals surface area contributed by atoms with Crippen LogP contribution in [-0.4, -0.2) is 12.6 Å². The number of benzene rings is 1. The summed E-state index contributed by atoms with van der Waals surface area (Å²) in [6.45, 7) is 6.85. The van der Waals surface area contributed by atoms with Gasteiger partial charge in [-0.25, -0.2) is 0 Å². The van der Waals surface area contributed by atoms with E-state index in [1.54, 1.807) is 12.1 Å². The normalized spacial score (nSPS) is 14.1. The van der Waals surface area contributed by atoms with Crippen LogP contribution in [0.15, 0.2) is 24.3 Å². The monoisotopic (exact) mass is 245 g/mol. The molecule has 0 radical (unpaired) electrons. The van der Waals surface area contributed by atoms with E-state index in [1.807, 2.05) is 20.8 Å². The zero-order chi connectivity index (χ0) is 13.1. The molecule has 0 saturated heterocycles. The summed E-state index contributed by atoms with van der Waals surface area (Å²) in [5.41, 5.74) is 0.330. The highest BCUT2D eigenvalue weighted by Gasteiger charge is 2.30. The van der Waals surface area contributed by atoms with Crippen LogP contribution in [0.2, 0.25) is 0 Å².